The van der Waals surface area contributed by atoms with Crippen molar-refractivity contribution in [2.75, 3.05) is 11.4 Å². The van der Waals surface area contributed by atoms with Crippen molar-refractivity contribution in [3.8, 4) is 0 Å². The van der Waals surface area contributed by atoms with Gasteiger partial charge < -0.3 is 5.73 Å². The number of halogens is 1. The van der Waals surface area contributed by atoms with E-state index in [-0.39, 0.29) is 12.3 Å². The highest BCUT2D eigenvalue weighted by Crippen LogP contribution is 2.33. The van der Waals surface area contributed by atoms with Crippen LogP contribution in [0, 0.1) is 5.92 Å². The topological polar surface area (TPSA) is 76.3 Å². The summed E-state index contributed by atoms with van der Waals surface area (Å²) in [6.45, 7) is 0.298. The lowest BCUT2D eigenvalue weighted by Gasteiger charge is -2.17. The molecule has 0 spiro atoms. The van der Waals surface area contributed by atoms with Crippen molar-refractivity contribution in [3.05, 3.63) is 34.9 Å². The maximum absolute atomic E-state index is 12.1. The molecule has 102 valence electrons. The number of primary amides is 1. The van der Waals surface area contributed by atoms with Gasteiger partial charge in [0, 0.05) is 34.4 Å². The summed E-state index contributed by atoms with van der Waals surface area (Å²) in [6, 6.07) is 7.69. The van der Waals surface area contributed by atoms with Crippen molar-refractivity contribution in [3.63, 3.8) is 0 Å². The first-order chi connectivity index (χ1) is 9.58. The monoisotopic (exact) mass is 333 g/mol. The number of rotatable bonds is 2. The maximum atomic E-state index is 12.1. The fraction of sp³-hybridized carbons (Fsp3) is 0.214. The van der Waals surface area contributed by atoms with Gasteiger partial charge in [-0.15, -0.1) is 0 Å². The second-order valence-electron chi connectivity index (χ2n) is 4.78. The summed E-state index contributed by atoms with van der Waals surface area (Å²) in [6.07, 6.45) is 1.82. The largest absolute Gasteiger partial charge is 0.369 e. The molecule has 1 saturated heterocycles. The molecule has 1 aromatic carbocycles. The van der Waals surface area contributed by atoms with Gasteiger partial charge in [0.25, 0.3) is 0 Å². The molecule has 2 N–H and O–H groups in total. The van der Waals surface area contributed by atoms with E-state index < -0.39 is 11.8 Å². The molecule has 0 radical (unpaired) electrons. The van der Waals surface area contributed by atoms with Crippen LogP contribution in [0.3, 0.4) is 0 Å². The van der Waals surface area contributed by atoms with Gasteiger partial charge in [-0.05, 0) is 15.9 Å². The number of aromatic nitrogens is 1. The summed E-state index contributed by atoms with van der Waals surface area (Å²) in [4.78, 5) is 29.2. The number of anilines is 1. The molecule has 2 aromatic rings. The Labute approximate surface area is 123 Å². The zero-order valence-electron chi connectivity index (χ0n) is 10.5. The number of hydrogen-bond donors (Lipinski definition) is 1. The smallest absolute Gasteiger partial charge is 0.229 e. The van der Waals surface area contributed by atoms with Gasteiger partial charge in [0.05, 0.1) is 5.92 Å². The van der Waals surface area contributed by atoms with Crippen molar-refractivity contribution in [1.29, 1.82) is 0 Å². The minimum Gasteiger partial charge on any atom is -0.369 e. The summed E-state index contributed by atoms with van der Waals surface area (Å²) in [5.41, 5.74) is 5.29. The highest BCUT2D eigenvalue weighted by atomic mass is 79.9. The Morgan fingerprint density at radius 2 is 2.05 bits per heavy atom. The Kier molecular flexibility index (Phi) is 3.17. The van der Waals surface area contributed by atoms with Gasteiger partial charge in [-0.2, -0.15) is 0 Å². The van der Waals surface area contributed by atoms with Crippen LogP contribution in [0.15, 0.2) is 34.9 Å². The average Bonchev–Trinajstić information content (AvgIpc) is 2.82. The van der Waals surface area contributed by atoms with Crippen LogP contribution in [0.4, 0.5) is 5.82 Å². The maximum Gasteiger partial charge on any atom is 0.229 e. The van der Waals surface area contributed by atoms with Crippen molar-refractivity contribution < 1.29 is 9.59 Å². The molecule has 0 bridgehead atoms. The van der Waals surface area contributed by atoms with Crippen LogP contribution in [0.5, 0.6) is 0 Å². The highest BCUT2D eigenvalue weighted by Gasteiger charge is 2.35. The molecule has 0 aliphatic carbocycles. The van der Waals surface area contributed by atoms with E-state index in [0.717, 1.165) is 15.2 Å². The van der Waals surface area contributed by atoms with Crippen LogP contribution in [-0.4, -0.2) is 23.3 Å². The molecule has 0 saturated carbocycles. The first-order valence-electron chi connectivity index (χ1n) is 6.21. The second kappa shape index (κ2) is 4.86. The third kappa shape index (κ3) is 2.06. The van der Waals surface area contributed by atoms with Gasteiger partial charge in [-0.1, -0.05) is 24.3 Å². The van der Waals surface area contributed by atoms with Gasteiger partial charge in [0.2, 0.25) is 11.8 Å². The predicted molar refractivity (Wildman–Crippen MR) is 79.1 cm³/mol. The summed E-state index contributed by atoms with van der Waals surface area (Å²) >= 11 is 3.45. The summed E-state index contributed by atoms with van der Waals surface area (Å²) in [5.74, 6) is -0.416. The van der Waals surface area contributed by atoms with Crippen LogP contribution >= 0.6 is 15.9 Å². The van der Waals surface area contributed by atoms with Crippen LogP contribution in [0.1, 0.15) is 6.42 Å². The molecule has 1 aromatic heterocycles. The molecule has 2 heterocycles. The molecule has 3 rings (SSSR count). The number of nitrogens with two attached hydrogens (primary N) is 1. The Balaban J connectivity index is 2.09. The van der Waals surface area contributed by atoms with E-state index in [9.17, 15) is 9.59 Å². The van der Waals surface area contributed by atoms with Gasteiger partial charge in [0.15, 0.2) is 0 Å². The lowest BCUT2D eigenvalue weighted by atomic mass is 10.1. The molecule has 1 unspecified atom stereocenters. The lowest BCUT2D eigenvalue weighted by Crippen LogP contribution is -2.29. The number of amides is 2. The fourth-order valence-electron chi connectivity index (χ4n) is 2.46. The Morgan fingerprint density at radius 1 is 1.35 bits per heavy atom. The van der Waals surface area contributed by atoms with E-state index in [2.05, 4.69) is 20.9 Å². The molecular weight excluding hydrogens is 322 g/mol. The van der Waals surface area contributed by atoms with E-state index in [1.54, 1.807) is 11.1 Å². The first kappa shape index (κ1) is 13.1. The predicted octanol–water partition coefficient (Wildman–Crippen LogP) is 1.84. The number of nitrogens with zero attached hydrogens (tertiary/aromatic N) is 2. The van der Waals surface area contributed by atoms with Crippen LogP contribution in [-0.2, 0) is 9.59 Å². The highest BCUT2D eigenvalue weighted by molar-refractivity contribution is 9.10. The molecular formula is C14H12BrN3O2. The molecule has 1 fully saturated rings. The van der Waals surface area contributed by atoms with E-state index in [1.165, 1.54) is 0 Å². The molecule has 1 aliphatic rings. The standard InChI is InChI=1S/C14H12BrN3O2/c15-11-6-17-14(10-4-2-1-3-9(10)11)18-7-8(13(16)20)5-12(18)19/h1-4,6,8H,5,7H2,(H2,16,20). The second-order valence-corrected chi connectivity index (χ2v) is 5.64. The number of hydrogen-bond acceptors (Lipinski definition) is 3. The number of pyridine rings is 1. The quantitative estimate of drug-likeness (QED) is 0.910. The number of carbonyl (C=O) groups excluding carboxylic acids is 2. The fourth-order valence-corrected chi connectivity index (χ4v) is 2.91. The van der Waals surface area contributed by atoms with E-state index in [1.807, 2.05) is 24.3 Å². The van der Waals surface area contributed by atoms with Crippen molar-refractivity contribution in [1.82, 2.24) is 4.98 Å². The molecule has 20 heavy (non-hydrogen) atoms. The first-order valence-corrected chi connectivity index (χ1v) is 7.00. The van der Waals surface area contributed by atoms with Crippen molar-refractivity contribution in [2.45, 2.75) is 6.42 Å². The molecule has 6 heteroatoms. The van der Waals surface area contributed by atoms with Gasteiger partial charge in [-0.3, -0.25) is 14.5 Å². The van der Waals surface area contributed by atoms with Crippen molar-refractivity contribution >= 4 is 44.3 Å². The minimum atomic E-state index is -0.442. The Morgan fingerprint density at radius 3 is 2.70 bits per heavy atom. The zero-order chi connectivity index (χ0) is 14.3. The van der Waals surface area contributed by atoms with E-state index in [0.29, 0.717) is 12.4 Å². The number of carbonyl (C=O) groups is 2. The number of fused-ring (bicyclic) bond motifs is 1. The molecule has 5 nitrogen and oxygen atoms in total. The Bertz CT molecular complexity index is 717. The molecule has 1 aliphatic heterocycles. The molecule has 1 atom stereocenters. The van der Waals surface area contributed by atoms with Gasteiger partial charge in [0.1, 0.15) is 5.82 Å². The van der Waals surface area contributed by atoms with Crippen LogP contribution < -0.4 is 10.6 Å². The summed E-state index contributed by atoms with van der Waals surface area (Å²) < 4.78 is 0.870. The number of benzene rings is 1. The van der Waals surface area contributed by atoms with Crippen molar-refractivity contribution in [2.24, 2.45) is 11.7 Å². The van der Waals surface area contributed by atoms with Gasteiger partial charge in [-0.25, -0.2) is 4.98 Å². The molecule has 2 amide bonds. The Hall–Kier alpha value is -1.95. The minimum absolute atomic E-state index is 0.117. The zero-order valence-corrected chi connectivity index (χ0v) is 12.1. The normalized spacial score (nSPS) is 18.8. The van der Waals surface area contributed by atoms with E-state index >= 15 is 0 Å². The van der Waals surface area contributed by atoms with Crippen LogP contribution in [0.25, 0.3) is 10.8 Å². The summed E-state index contributed by atoms with van der Waals surface area (Å²) in [7, 11) is 0. The van der Waals surface area contributed by atoms with Crippen LogP contribution in [0.2, 0.25) is 0 Å². The summed E-state index contributed by atoms with van der Waals surface area (Å²) in [5, 5.41) is 1.85. The van der Waals surface area contributed by atoms with Gasteiger partial charge >= 0.3 is 0 Å². The lowest BCUT2D eigenvalue weighted by molar-refractivity contribution is -0.123. The SMILES string of the molecule is NC(=O)C1CC(=O)N(c2ncc(Br)c3ccccc23)C1. The average molecular weight is 334 g/mol. The third-order valence-electron chi connectivity index (χ3n) is 3.51. The van der Waals surface area contributed by atoms with E-state index in [4.69, 9.17) is 5.73 Å². The third-order valence-corrected chi connectivity index (χ3v) is 4.14.